The fraction of sp³-hybridized carbons (Fsp3) is 0.857. The van der Waals surface area contributed by atoms with Gasteiger partial charge in [0.2, 0.25) is 0 Å². The van der Waals surface area contributed by atoms with Crippen LogP contribution < -0.4 is 0 Å². The van der Waals surface area contributed by atoms with E-state index in [-0.39, 0.29) is 12.8 Å². The van der Waals surface area contributed by atoms with Gasteiger partial charge in [-0.25, -0.2) is 4.57 Å². The van der Waals surface area contributed by atoms with Crippen molar-refractivity contribution >= 4 is 19.8 Å². The molecule has 3 N–H and O–H groups in total. The van der Waals surface area contributed by atoms with Crippen molar-refractivity contribution in [2.75, 3.05) is 26.4 Å². The van der Waals surface area contributed by atoms with Gasteiger partial charge in [0.1, 0.15) is 12.2 Å². The molecular weight excluding hydrogens is 695 g/mol. The van der Waals surface area contributed by atoms with E-state index in [2.05, 4.69) is 38.2 Å². The number of allylic oxidation sites excluding steroid dienone is 4. The highest BCUT2D eigenvalue weighted by Gasteiger charge is 2.27. The Hall–Kier alpha value is -1.55. The number of rotatable bonds is 40. The van der Waals surface area contributed by atoms with Crippen LogP contribution in [0.1, 0.15) is 194 Å². The van der Waals surface area contributed by atoms with E-state index in [0.29, 0.717) is 12.8 Å². The summed E-state index contributed by atoms with van der Waals surface area (Å²) in [6.45, 7) is 2.18. The van der Waals surface area contributed by atoms with Gasteiger partial charge in [-0.3, -0.25) is 18.6 Å². The fourth-order valence-electron chi connectivity index (χ4n) is 5.81. The number of phosphoric acid groups is 1. The van der Waals surface area contributed by atoms with Crippen molar-refractivity contribution in [2.45, 2.75) is 206 Å². The number of carbonyl (C=O) groups excluding carboxylic acids is 2. The van der Waals surface area contributed by atoms with Gasteiger partial charge >= 0.3 is 19.8 Å². The van der Waals surface area contributed by atoms with Crippen LogP contribution in [-0.4, -0.2) is 65.7 Å². The third-order valence-corrected chi connectivity index (χ3v) is 10.1. The van der Waals surface area contributed by atoms with Crippen LogP contribution in [0, 0.1) is 0 Å². The van der Waals surface area contributed by atoms with Gasteiger partial charge in [-0.05, 0) is 64.2 Å². The van der Waals surface area contributed by atoms with E-state index in [4.69, 9.17) is 18.5 Å². The monoisotopic (exact) mass is 775 g/mol. The summed E-state index contributed by atoms with van der Waals surface area (Å²) in [4.78, 5) is 34.5. The highest BCUT2D eigenvalue weighted by molar-refractivity contribution is 7.47. The average Bonchev–Trinajstić information content (AvgIpc) is 3.14. The smallest absolute Gasteiger partial charge is 0.457 e. The Labute approximate surface area is 323 Å². The summed E-state index contributed by atoms with van der Waals surface area (Å²) >= 11 is 0. The summed E-state index contributed by atoms with van der Waals surface area (Å²) < 4.78 is 32.5. The molecule has 0 unspecified atom stereocenters. The van der Waals surface area contributed by atoms with Crippen LogP contribution in [0.4, 0.5) is 0 Å². The number of hydrogen-bond acceptors (Lipinski definition) is 9. The molecule has 0 aliphatic carbocycles. The maximum absolute atomic E-state index is 12.3. The minimum Gasteiger partial charge on any atom is -0.457 e. The lowest BCUT2D eigenvalue weighted by Gasteiger charge is -2.20. The van der Waals surface area contributed by atoms with Gasteiger partial charge in [0.25, 0.3) is 0 Å². The van der Waals surface area contributed by atoms with E-state index >= 15 is 0 Å². The first kappa shape index (κ1) is 51.5. The highest BCUT2D eigenvalue weighted by Crippen LogP contribution is 2.43. The highest BCUT2D eigenvalue weighted by atomic mass is 31.2. The Morgan fingerprint density at radius 2 is 0.774 bits per heavy atom. The van der Waals surface area contributed by atoms with Gasteiger partial charge in [0.05, 0.1) is 26.4 Å². The van der Waals surface area contributed by atoms with Gasteiger partial charge < -0.3 is 24.6 Å². The molecule has 0 heterocycles. The number of hydrogen-bond donors (Lipinski definition) is 3. The average molecular weight is 775 g/mol. The predicted octanol–water partition coefficient (Wildman–Crippen LogP) is 11.0. The standard InChI is InChI=1S/C42H79O10P/c1-3-5-7-9-11-13-15-17-19-21-23-25-27-29-31-33-41(45)51-39(35-43)37-49-53(47,48)50-38-40(36-44)52-42(46)34-32-30-28-26-24-22-20-18-16-14-12-10-8-6-4-2/h17-20,39-40,43-44H,3-16,21-38H2,1-2H3,(H,47,48)/b19-17-,20-18-/t39-,40-/m1/s1. The van der Waals surface area contributed by atoms with Crippen LogP contribution in [0.2, 0.25) is 0 Å². The van der Waals surface area contributed by atoms with E-state index in [0.717, 1.165) is 77.0 Å². The minimum absolute atomic E-state index is 0.183. The topological polar surface area (TPSA) is 149 Å². The molecule has 0 aromatic rings. The number of aliphatic hydroxyl groups excluding tert-OH is 2. The zero-order valence-electron chi connectivity index (χ0n) is 33.7. The summed E-state index contributed by atoms with van der Waals surface area (Å²) in [5.41, 5.74) is 0. The molecule has 0 fully saturated rings. The van der Waals surface area contributed by atoms with E-state index in [1.807, 2.05) is 0 Å². The molecule has 312 valence electrons. The lowest BCUT2D eigenvalue weighted by Crippen LogP contribution is -2.28. The van der Waals surface area contributed by atoms with Crippen molar-refractivity contribution in [1.29, 1.82) is 0 Å². The van der Waals surface area contributed by atoms with Gasteiger partial charge in [-0.15, -0.1) is 0 Å². The van der Waals surface area contributed by atoms with Gasteiger partial charge in [0.15, 0.2) is 0 Å². The summed E-state index contributed by atoms with van der Waals surface area (Å²) in [7, 11) is -4.64. The van der Waals surface area contributed by atoms with Crippen molar-refractivity contribution in [2.24, 2.45) is 0 Å². The number of unbranched alkanes of at least 4 members (excludes halogenated alkanes) is 22. The molecule has 53 heavy (non-hydrogen) atoms. The Kier molecular flexibility index (Phi) is 37.6. The van der Waals surface area contributed by atoms with Crippen LogP contribution in [-0.2, 0) is 32.7 Å². The molecule has 0 bridgehead atoms. The third-order valence-electron chi connectivity index (χ3n) is 9.14. The lowest BCUT2D eigenvalue weighted by molar-refractivity contribution is -0.153. The Bertz CT molecular complexity index is 871. The maximum Gasteiger partial charge on any atom is 0.472 e. The fourth-order valence-corrected chi connectivity index (χ4v) is 6.59. The first-order valence-electron chi connectivity index (χ1n) is 21.3. The van der Waals surface area contributed by atoms with E-state index < -0.39 is 58.4 Å². The Morgan fingerprint density at radius 3 is 1.08 bits per heavy atom. The zero-order valence-corrected chi connectivity index (χ0v) is 34.6. The van der Waals surface area contributed by atoms with Crippen LogP contribution in [0.5, 0.6) is 0 Å². The van der Waals surface area contributed by atoms with Gasteiger partial charge in [0, 0.05) is 12.8 Å². The Morgan fingerprint density at radius 1 is 0.491 bits per heavy atom. The molecule has 2 atom stereocenters. The maximum atomic E-state index is 12.3. The second-order valence-electron chi connectivity index (χ2n) is 14.3. The summed E-state index contributed by atoms with van der Waals surface area (Å²) in [5.74, 6) is -1.03. The molecule has 0 aliphatic heterocycles. The first-order chi connectivity index (χ1) is 25.8. The van der Waals surface area contributed by atoms with Crippen molar-refractivity contribution in [3.63, 3.8) is 0 Å². The van der Waals surface area contributed by atoms with Crippen LogP contribution in [0.25, 0.3) is 0 Å². The second-order valence-corrected chi connectivity index (χ2v) is 15.8. The van der Waals surface area contributed by atoms with Crippen LogP contribution in [0.15, 0.2) is 24.3 Å². The normalized spacial score (nSPS) is 13.2. The number of aliphatic hydroxyl groups is 2. The number of carbonyl (C=O) groups is 2. The van der Waals surface area contributed by atoms with Crippen molar-refractivity contribution < 1.29 is 47.8 Å². The summed E-state index contributed by atoms with van der Waals surface area (Å²) in [6.07, 6.45) is 37.2. The molecule has 0 rings (SSSR count). The molecule has 0 saturated heterocycles. The third kappa shape index (κ3) is 37.2. The van der Waals surface area contributed by atoms with Gasteiger partial charge in [-0.2, -0.15) is 0 Å². The minimum atomic E-state index is -4.64. The summed E-state index contributed by atoms with van der Waals surface area (Å²) in [5, 5.41) is 19.1. The quantitative estimate of drug-likeness (QED) is 0.0238. The second kappa shape index (κ2) is 38.7. The van der Waals surface area contributed by atoms with Gasteiger partial charge in [-0.1, -0.05) is 141 Å². The molecular formula is C42H79O10P. The molecule has 10 nitrogen and oxygen atoms in total. The first-order valence-corrected chi connectivity index (χ1v) is 22.8. The summed E-state index contributed by atoms with van der Waals surface area (Å²) in [6, 6.07) is 0. The van der Waals surface area contributed by atoms with Crippen LogP contribution in [0.3, 0.4) is 0 Å². The molecule has 0 spiro atoms. The number of phosphoric ester groups is 1. The number of ether oxygens (including phenoxy) is 2. The van der Waals surface area contributed by atoms with Crippen molar-refractivity contribution in [1.82, 2.24) is 0 Å². The SMILES string of the molecule is CCCCCCCC/C=C\CCCCCCCC(=O)O[C@H](CO)COP(=O)(O)OC[C@@H](CO)OC(=O)CCCCCCC/C=C\CCCCCCCC. The molecule has 0 aliphatic rings. The van der Waals surface area contributed by atoms with E-state index in [1.54, 1.807) is 0 Å². The molecule has 0 radical (unpaired) electrons. The van der Waals surface area contributed by atoms with E-state index in [1.165, 1.54) is 77.0 Å². The molecule has 0 amide bonds. The Balaban J connectivity index is 3.95. The molecule has 11 heteroatoms. The van der Waals surface area contributed by atoms with Crippen molar-refractivity contribution in [3.05, 3.63) is 24.3 Å². The molecule has 0 saturated carbocycles. The number of esters is 2. The van der Waals surface area contributed by atoms with E-state index in [9.17, 15) is 29.3 Å². The largest absolute Gasteiger partial charge is 0.472 e. The zero-order chi connectivity index (χ0) is 39.1. The molecule has 0 aromatic carbocycles. The van der Waals surface area contributed by atoms with Crippen molar-refractivity contribution in [3.8, 4) is 0 Å². The predicted molar refractivity (Wildman–Crippen MR) is 215 cm³/mol. The molecule has 0 aromatic heterocycles. The lowest BCUT2D eigenvalue weighted by atomic mass is 10.1. The van der Waals surface area contributed by atoms with Crippen LogP contribution >= 0.6 is 7.82 Å².